The number of aliphatic hydroxyl groups excluding tert-OH is 1. The molecule has 1 aromatic carbocycles. The van der Waals surface area contributed by atoms with Gasteiger partial charge >= 0.3 is 6.03 Å². The van der Waals surface area contributed by atoms with E-state index in [-0.39, 0.29) is 25.7 Å². The molecule has 1 aromatic heterocycles. The Bertz CT molecular complexity index is 617. The maximum atomic E-state index is 12.2. The van der Waals surface area contributed by atoms with Crippen molar-refractivity contribution in [2.75, 3.05) is 13.2 Å². The van der Waals surface area contributed by atoms with Crippen molar-refractivity contribution >= 4 is 29.2 Å². The zero-order valence-corrected chi connectivity index (χ0v) is 13.3. The van der Waals surface area contributed by atoms with Gasteiger partial charge in [-0.05, 0) is 29.8 Å². The summed E-state index contributed by atoms with van der Waals surface area (Å²) in [5, 5.41) is 12.8. The topological polar surface area (TPSA) is 65.7 Å². The molecule has 0 bridgehead atoms. The Balaban J connectivity index is 1.98. The predicted molar refractivity (Wildman–Crippen MR) is 84.9 cm³/mol. The summed E-state index contributed by atoms with van der Waals surface area (Å²) >= 11 is 11.8. The zero-order valence-electron chi connectivity index (χ0n) is 11.8. The van der Waals surface area contributed by atoms with Gasteiger partial charge in [-0.1, -0.05) is 29.3 Å². The van der Waals surface area contributed by atoms with Gasteiger partial charge in [-0.3, -0.25) is 0 Å². The van der Waals surface area contributed by atoms with Crippen molar-refractivity contribution in [2.24, 2.45) is 0 Å². The van der Waals surface area contributed by atoms with Gasteiger partial charge in [-0.2, -0.15) is 0 Å². The molecule has 0 saturated carbocycles. The fraction of sp³-hybridized carbons (Fsp3) is 0.267. The van der Waals surface area contributed by atoms with E-state index in [9.17, 15) is 4.79 Å². The first-order valence-electron chi connectivity index (χ1n) is 6.70. The summed E-state index contributed by atoms with van der Waals surface area (Å²) in [6.45, 7) is 0.691. The fourth-order valence-corrected chi connectivity index (χ4v) is 2.24. The number of hydrogen-bond donors (Lipinski definition) is 2. The number of aliphatic hydroxyl groups is 1. The minimum Gasteiger partial charge on any atom is -0.467 e. The smallest absolute Gasteiger partial charge is 0.318 e. The van der Waals surface area contributed by atoms with Crippen LogP contribution in [-0.4, -0.2) is 29.2 Å². The molecule has 0 unspecified atom stereocenters. The van der Waals surface area contributed by atoms with Crippen LogP contribution in [0.15, 0.2) is 41.0 Å². The quantitative estimate of drug-likeness (QED) is 0.846. The van der Waals surface area contributed by atoms with Crippen LogP contribution in [0.5, 0.6) is 0 Å². The van der Waals surface area contributed by atoms with Crippen molar-refractivity contribution in [2.45, 2.75) is 13.1 Å². The van der Waals surface area contributed by atoms with E-state index in [1.165, 1.54) is 4.90 Å². The Labute approximate surface area is 138 Å². The number of carbonyl (C=O) groups excluding carboxylic acids is 1. The molecule has 7 heteroatoms. The molecule has 0 aliphatic carbocycles. The van der Waals surface area contributed by atoms with Crippen molar-refractivity contribution in [1.82, 2.24) is 10.2 Å². The number of hydrogen-bond acceptors (Lipinski definition) is 3. The van der Waals surface area contributed by atoms with E-state index in [1.807, 2.05) is 0 Å². The van der Waals surface area contributed by atoms with Crippen LogP contribution in [-0.2, 0) is 13.1 Å². The fourth-order valence-electron chi connectivity index (χ4n) is 1.92. The number of benzene rings is 1. The SMILES string of the molecule is O=C(NCc1ccco1)N(CCO)Cc1ccc(Cl)c(Cl)c1. The summed E-state index contributed by atoms with van der Waals surface area (Å²) in [5.41, 5.74) is 0.830. The Morgan fingerprint density at radius 1 is 1.27 bits per heavy atom. The number of halogens is 2. The second-order valence-electron chi connectivity index (χ2n) is 4.63. The highest BCUT2D eigenvalue weighted by Gasteiger charge is 2.14. The lowest BCUT2D eigenvalue weighted by molar-refractivity contribution is 0.173. The first-order chi connectivity index (χ1) is 10.6. The second-order valence-corrected chi connectivity index (χ2v) is 5.45. The molecule has 118 valence electrons. The van der Waals surface area contributed by atoms with E-state index in [1.54, 1.807) is 36.6 Å². The Morgan fingerprint density at radius 2 is 2.09 bits per heavy atom. The van der Waals surface area contributed by atoms with Crippen LogP contribution in [0, 0.1) is 0 Å². The Kier molecular flexibility index (Phi) is 6.12. The van der Waals surface area contributed by atoms with Crippen LogP contribution < -0.4 is 5.32 Å². The molecule has 0 fully saturated rings. The number of amides is 2. The second kappa shape index (κ2) is 8.08. The highest BCUT2D eigenvalue weighted by atomic mass is 35.5. The lowest BCUT2D eigenvalue weighted by Gasteiger charge is -2.22. The minimum absolute atomic E-state index is 0.129. The molecule has 0 spiro atoms. The number of rotatable bonds is 6. The molecule has 5 nitrogen and oxygen atoms in total. The van der Waals surface area contributed by atoms with Crippen LogP contribution in [0.2, 0.25) is 10.0 Å². The number of urea groups is 1. The third kappa shape index (κ3) is 4.66. The van der Waals surface area contributed by atoms with Gasteiger partial charge in [0.1, 0.15) is 5.76 Å². The molecule has 22 heavy (non-hydrogen) atoms. The van der Waals surface area contributed by atoms with Gasteiger partial charge in [0, 0.05) is 13.1 Å². The molecule has 0 atom stereocenters. The lowest BCUT2D eigenvalue weighted by Crippen LogP contribution is -2.40. The summed E-state index contributed by atoms with van der Waals surface area (Å²) in [6, 6.07) is 8.40. The molecular formula is C15H16Cl2N2O3. The minimum atomic E-state index is -0.295. The van der Waals surface area contributed by atoms with Gasteiger partial charge in [-0.15, -0.1) is 0 Å². The molecular weight excluding hydrogens is 327 g/mol. The van der Waals surface area contributed by atoms with Crippen LogP contribution in [0.3, 0.4) is 0 Å². The van der Waals surface area contributed by atoms with Crippen LogP contribution in [0.1, 0.15) is 11.3 Å². The normalized spacial score (nSPS) is 10.5. The third-order valence-electron chi connectivity index (χ3n) is 3.01. The zero-order chi connectivity index (χ0) is 15.9. The highest BCUT2D eigenvalue weighted by molar-refractivity contribution is 6.42. The summed E-state index contributed by atoms with van der Waals surface area (Å²) in [7, 11) is 0. The molecule has 2 aromatic rings. The third-order valence-corrected chi connectivity index (χ3v) is 3.75. The Hall–Kier alpha value is -1.69. The van der Waals surface area contributed by atoms with Crippen LogP contribution in [0.25, 0.3) is 0 Å². The summed E-state index contributed by atoms with van der Waals surface area (Å²) in [5.74, 6) is 0.659. The monoisotopic (exact) mass is 342 g/mol. The van der Waals surface area contributed by atoms with Crippen molar-refractivity contribution in [3.05, 3.63) is 58.0 Å². The van der Waals surface area contributed by atoms with Crippen LogP contribution >= 0.6 is 23.2 Å². The van der Waals surface area contributed by atoms with E-state index < -0.39 is 0 Å². The first-order valence-corrected chi connectivity index (χ1v) is 7.45. The molecule has 0 saturated heterocycles. The summed E-state index contributed by atoms with van der Waals surface area (Å²) in [6.07, 6.45) is 1.54. The van der Waals surface area contributed by atoms with Crippen LogP contribution in [0.4, 0.5) is 4.79 Å². The van der Waals surface area contributed by atoms with E-state index in [4.69, 9.17) is 32.7 Å². The van der Waals surface area contributed by atoms with Gasteiger partial charge < -0.3 is 19.7 Å². The molecule has 2 amide bonds. The summed E-state index contributed by atoms with van der Waals surface area (Å²) in [4.78, 5) is 13.7. The van der Waals surface area contributed by atoms with E-state index in [0.29, 0.717) is 22.4 Å². The van der Waals surface area contributed by atoms with Gasteiger partial charge in [0.15, 0.2) is 0 Å². The average Bonchev–Trinajstić information content (AvgIpc) is 3.01. The molecule has 2 N–H and O–H groups in total. The molecule has 0 radical (unpaired) electrons. The van der Waals surface area contributed by atoms with E-state index in [0.717, 1.165) is 5.56 Å². The van der Waals surface area contributed by atoms with Gasteiger partial charge in [0.25, 0.3) is 0 Å². The van der Waals surface area contributed by atoms with Gasteiger partial charge in [-0.25, -0.2) is 4.79 Å². The first kappa shape index (κ1) is 16.7. The molecule has 0 aliphatic rings. The van der Waals surface area contributed by atoms with Crippen molar-refractivity contribution in [1.29, 1.82) is 0 Å². The lowest BCUT2D eigenvalue weighted by atomic mass is 10.2. The van der Waals surface area contributed by atoms with E-state index in [2.05, 4.69) is 5.32 Å². The molecule has 0 aliphatic heterocycles. The number of carbonyl (C=O) groups is 1. The predicted octanol–water partition coefficient (Wildman–Crippen LogP) is 3.29. The number of nitrogens with one attached hydrogen (secondary N) is 1. The van der Waals surface area contributed by atoms with Gasteiger partial charge in [0.2, 0.25) is 0 Å². The highest BCUT2D eigenvalue weighted by Crippen LogP contribution is 2.23. The number of furan rings is 1. The summed E-state index contributed by atoms with van der Waals surface area (Å²) < 4.78 is 5.16. The molecule has 2 rings (SSSR count). The van der Waals surface area contributed by atoms with Crippen molar-refractivity contribution in [3.8, 4) is 0 Å². The van der Waals surface area contributed by atoms with Gasteiger partial charge in [0.05, 0.1) is 29.5 Å². The maximum absolute atomic E-state index is 12.2. The largest absolute Gasteiger partial charge is 0.467 e. The molecule has 1 heterocycles. The van der Waals surface area contributed by atoms with E-state index >= 15 is 0 Å². The Morgan fingerprint density at radius 3 is 2.73 bits per heavy atom. The number of nitrogens with zero attached hydrogens (tertiary/aromatic N) is 1. The van der Waals surface area contributed by atoms with Crippen molar-refractivity contribution < 1.29 is 14.3 Å². The standard InChI is InChI=1S/C15H16Cl2N2O3/c16-13-4-3-11(8-14(13)17)10-19(5-6-20)15(21)18-9-12-2-1-7-22-12/h1-4,7-8,20H,5-6,9-10H2,(H,18,21). The van der Waals surface area contributed by atoms with Crippen molar-refractivity contribution in [3.63, 3.8) is 0 Å². The maximum Gasteiger partial charge on any atom is 0.318 e. The average molecular weight is 343 g/mol.